The Balaban J connectivity index is 1.55. The third kappa shape index (κ3) is 3.90. The number of ether oxygens (including phenoxy) is 1. The van der Waals surface area contributed by atoms with E-state index in [4.69, 9.17) is 26.3 Å². The lowest BCUT2D eigenvalue weighted by molar-refractivity contribution is 0.248. The number of halogens is 1. The van der Waals surface area contributed by atoms with Crippen molar-refractivity contribution in [3.63, 3.8) is 0 Å². The lowest BCUT2D eigenvalue weighted by atomic mass is 9.82. The van der Waals surface area contributed by atoms with Crippen LogP contribution in [0.2, 0.25) is 5.02 Å². The van der Waals surface area contributed by atoms with Crippen LogP contribution in [0.4, 0.5) is 0 Å². The minimum Gasteiger partial charge on any atom is -0.485 e. The second-order valence-electron chi connectivity index (χ2n) is 10.5. The van der Waals surface area contributed by atoms with Crippen LogP contribution in [0.25, 0.3) is 15.9 Å². The van der Waals surface area contributed by atoms with Gasteiger partial charge in [-0.05, 0) is 75.8 Å². The molecule has 1 aromatic carbocycles. The largest absolute Gasteiger partial charge is 0.485 e. The van der Waals surface area contributed by atoms with E-state index in [1.807, 2.05) is 19.1 Å². The molecule has 4 heterocycles. The predicted molar refractivity (Wildman–Crippen MR) is 135 cm³/mol. The number of hydrogen-bond donors (Lipinski definition) is 1. The van der Waals surface area contributed by atoms with E-state index in [0.717, 1.165) is 44.2 Å². The summed E-state index contributed by atoms with van der Waals surface area (Å²) in [5.74, 6) is 1.77. The van der Waals surface area contributed by atoms with Crippen molar-refractivity contribution in [2.24, 2.45) is 0 Å². The van der Waals surface area contributed by atoms with Gasteiger partial charge >= 0.3 is 0 Å². The van der Waals surface area contributed by atoms with E-state index < -0.39 is 0 Å². The molecule has 0 saturated carbocycles. The monoisotopic (exact) mass is 483 g/mol. The van der Waals surface area contributed by atoms with Crippen molar-refractivity contribution in [3.8, 4) is 5.75 Å². The van der Waals surface area contributed by atoms with Crippen molar-refractivity contribution in [2.75, 3.05) is 0 Å². The molecule has 0 atom stereocenters. The Morgan fingerprint density at radius 1 is 1.24 bits per heavy atom. The van der Waals surface area contributed by atoms with Crippen LogP contribution in [-0.4, -0.2) is 25.1 Å². The number of nitrogens with one attached hydrogen (secondary N) is 1. The van der Waals surface area contributed by atoms with Gasteiger partial charge in [-0.25, -0.2) is 14.5 Å². The van der Waals surface area contributed by atoms with Crippen molar-refractivity contribution in [2.45, 2.75) is 78.5 Å². The maximum Gasteiger partial charge on any atom is 0.189 e. The number of aryl methyl sites for hydroxylation is 1. The summed E-state index contributed by atoms with van der Waals surface area (Å²) in [6.07, 6.45) is 2.68. The van der Waals surface area contributed by atoms with Gasteiger partial charge in [0, 0.05) is 21.0 Å². The summed E-state index contributed by atoms with van der Waals surface area (Å²) in [4.78, 5) is 11.9. The molecule has 0 unspecified atom stereocenters. The first-order valence-electron chi connectivity index (χ1n) is 11.3. The maximum atomic E-state index is 6.35. The van der Waals surface area contributed by atoms with E-state index in [2.05, 4.69) is 52.0 Å². The highest BCUT2D eigenvalue weighted by atomic mass is 35.5. The first-order chi connectivity index (χ1) is 15.4. The molecule has 1 aliphatic heterocycles. The Hall–Kier alpha value is -2.22. The molecule has 174 valence electrons. The van der Waals surface area contributed by atoms with Gasteiger partial charge in [0.05, 0.1) is 5.39 Å². The van der Waals surface area contributed by atoms with Crippen molar-refractivity contribution in [3.05, 3.63) is 50.9 Å². The van der Waals surface area contributed by atoms with Gasteiger partial charge in [0.2, 0.25) is 0 Å². The molecule has 3 aromatic heterocycles. The molecule has 4 aromatic rings. The van der Waals surface area contributed by atoms with Crippen LogP contribution in [-0.2, 0) is 18.6 Å². The first kappa shape index (κ1) is 22.6. The molecule has 0 aliphatic carbocycles. The topological polar surface area (TPSA) is 64.3 Å². The Morgan fingerprint density at radius 2 is 2.00 bits per heavy atom. The summed E-state index contributed by atoms with van der Waals surface area (Å²) < 4.78 is 7.98. The SMILES string of the molecule is Cc1cc(OCc2nc3c4c5c(sc4ncn3n2)C(C)(C)NC(C)(C)C5)c(C(C)C)cc1Cl. The summed E-state index contributed by atoms with van der Waals surface area (Å²) in [5.41, 5.74) is 4.13. The average Bonchev–Trinajstić information content (AvgIpc) is 3.28. The fourth-order valence-corrected chi connectivity index (χ4v) is 6.40. The molecule has 0 fully saturated rings. The molecule has 8 heteroatoms. The van der Waals surface area contributed by atoms with Gasteiger partial charge in [-0.2, -0.15) is 0 Å². The van der Waals surface area contributed by atoms with Gasteiger partial charge in [-0.1, -0.05) is 25.4 Å². The summed E-state index contributed by atoms with van der Waals surface area (Å²) in [7, 11) is 0. The lowest BCUT2D eigenvalue weighted by Gasteiger charge is -2.42. The van der Waals surface area contributed by atoms with Crippen LogP contribution >= 0.6 is 22.9 Å². The molecule has 1 N–H and O–H groups in total. The van der Waals surface area contributed by atoms with E-state index in [9.17, 15) is 0 Å². The van der Waals surface area contributed by atoms with Crippen LogP contribution in [0.15, 0.2) is 18.5 Å². The summed E-state index contributed by atoms with van der Waals surface area (Å²) >= 11 is 8.10. The molecular formula is C25H30ClN5OS. The molecule has 33 heavy (non-hydrogen) atoms. The molecular weight excluding hydrogens is 454 g/mol. The van der Waals surface area contributed by atoms with Crippen molar-refractivity contribution < 1.29 is 4.74 Å². The van der Waals surface area contributed by atoms with E-state index in [-0.39, 0.29) is 17.7 Å². The highest BCUT2D eigenvalue weighted by Crippen LogP contribution is 2.44. The fraction of sp³-hybridized carbons (Fsp3) is 0.480. The predicted octanol–water partition coefficient (Wildman–Crippen LogP) is 6.16. The number of nitrogens with zero attached hydrogens (tertiary/aromatic N) is 4. The molecule has 0 bridgehead atoms. The number of rotatable bonds is 4. The van der Waals surface area contributed by atoms with E-state index in [1.165, 1.54) is 10.4 Å². The van der Waals surface area contributed by atoms with Gasteiger partial charge in [0.25, 0.3) is 0 Å². The summed E-state index contributed by atoms with van der Waals surface area (Å²) in [6, 6.07) is 4.00. The molecule has 0 spiro atoms. The third-order valence-electron chi connectivity index (χ3n) is 6.28. The Labute approximate surface area is 203 Å². The lowest BCUT2D eigenvalue weighted by Crippen LogP contribution is -2.54. The third-order valence-corrected chi connectivity index (χ3v) is 8.15. The van der Waals surface area contributed by atoms with Gasteiger partial charge in [-0.15, -0.1) is 16.4 Å². The van der Waals surface area contributed by atoms with Gasteiger partial charge < -0.3 is 10.1 Å². The van der Waals surface area contributed by atoms with Crippen LogP contribution in [0.3, 0.4) is 0 Å². The fourth-order valence-electron chi connectivity index (χ4n) is 5.01. The van der Waals surface area contributed by atoms with Crippen LogP contribution in [0.5, 0.6) is 5.75 Å². The Bertz CT molecular complexity index is 1380. The van der Waals surface area contributed by atoms with E-state index in [0.29, 0.717) is 11.7 Å². The smallest absolute Gasteiger partial charge is 0.189 e. The summed E-state index contributed by atoms with van der Waals surface area (Å²) in [6.45, 7) is 15.5. The quantitative estimate of drug-likeness (QED) is 0.376. The highest BCUT2D eigenvalue weighted by molar-refractivity contribution is 7.19. The number of benzene rings is 1. The molecule has 6 nitrogen and oxygen atoms in total. The summed E-state index contributed by atoms with van der Waals surface area (Å²) in [5, 5.41) is 10.3. The maximum absolute atomic E-state index is 6.35. The standard InChI is InChI=1S/C25H30ClN5OS/c1-13(2)15-9-17(26)14(3)8-18(15)32-11-19-28-22-20-16-10-24(4,5)30-25(6,7)21(16)33-23(20)27-12-31(22)29-19/h8-9,12-13,30H,10-11H2,1-7H3. The second kappa shape index (κ2) is 7.65. The van der Waals surface area contributed by atoms with Gasteiger partial charge in [-0.3, -0.25) is 0 Å². The zero-order chi connectivity index (χ0) is 23.7. The molecule has 5 rings (SSSR count). The minimum atomic E-state index is -0.120. The first-order valence-corrected chi connectivity index (χ1v) is 12.5. The molecule has 1 aliphatic rings. The van der Waals surface area contributed by atoms with Gasteiger partial charge in [0.1, 0.15) is 23.5 Å². The minimum absolute atomic E-state index is 0.0109. The molecule has 0 amide bonds. The number of aromatic nitrogens is 4. The number of fused-ring (bicyclic) bond motifs is 5. The van der Waals surface area contributed by atoms with Crippen molar-refractivity contribution in [1.29, 1.82) is 0 Å². The normalized spacial score (nSPS) is 17.1. The molecule has 0 saturated heterocycles. The number of thiophene rings is 1. The van der Waals surface area contributed by atoms with Crippen molar-refractivity contribution in [1.82, 2.24) is 24.9 Å². The highest BCUT2D eigenvalue weighted by Gasteiger charge is 2.39. The zero-order valence-electron chi connectivity index (χ0n) is 20.2. The Morgan fingerprint density at radius 3 is 2.73 bits per heavy atom. The molecule has 0 radical (unpaired) electrons. The Kier molecular flexibility index (Phi) is 5.23. The second-order valence-corrected chi connectivity index (χ2v) is 11.9. The van der Waals surface area contributed by atoms with Crippen molar-refractivity contribution >= 4 is 38.8 Å². The van der Waals surface area contributed by atoms with E-state index >= 15 is 0 Å². The van der Waals surface area contributed by atoms with Gasteiger partial charge in [0.15, 0.2) is 11.5 Å². The number of hydrogen-bond acceptors (Lipinski definition) is 6. The van der Waals surface area contributed by atoms with E-state index in [1.54, 1.807) is 22.2 Å². The van der Waals surface area contributed by atoms with Crippen LogP contribution in [0.1, 0.15) is 74.9 Å². The van der Waals surface area contributed by atoms with Crippen LogP contribution in [0, 0.1) is 6.92 Å². The zero-order valence-corrected chi connectivity index (χ0v) is 21.8. The van der Waals surface area contributed by atoms with Crippen LogP contribution < -0.4 is 10.1 Å². The average molecular weight is 484 g/mol.